The van der Waals surface area contributed by atoms with Crippen LogP contribution in [0.15, 0.2) is 115 Å². The normalized spacial score (nSPS) is 10.8. The number of pyridine rings is 1. The van der Waals surface area contributed by atoms with Gasteiger partial charge in [0.05, 0.1) is 0 Å². The van der Waals surface area contributed by atoms with E-state index in [-0.39, 0.29) is 44.1 Å². The van der Waals surface area contributed by atoms with Gasteiger partial charge in [0.25, 0.3) is 0 Å². The van der Waals surface area contributed by atoms with Gasteiger partial charge in [0.15, 0.2) is 6.20 Å². The van der Waals surface area contributed by atoms with Gasteiger partial charge in [-0.1, -0.05) is 42.5 Å². The minimum atomic E-state index is 0. The maximum Gasteiger partial charge on any atom is 0.321 e. The number of rotatable bonds is 3. The van der Waals surface area contributed by atoms with Gasteiger partial charge in [-0.2, -0.15) is 22.8 Å². The summed E-state index contributed by atoms with van der Waals surface area (Å²) in [6.07, 6.45) is 5.34. The summed E-state index contributed by atoms with van der Waals surface area (Å²) in [5.41, 5.74) is 5.34. The molecule has 0 saturated carbocycles. The van der Waals surface area contributed by atoms with Crippen LogP contribution in [0.1, 0.15) is 0 Å². The Bertz CT molecular complexity index is 1120. The summed E-state index contributed by atoms with van der Waals surface area (Å²) in [4.78, 5) is 8.17. The SMILES string of the molecule is C1=NC=C[N+]=1c1[c-]cccc1.I.[Ir].[c-]1ccc(-c2ccccc2)cc1-c1ccccn1. The molecule has 31 heavy (non-hydrogen) atoms. The number of aliphatic imine (C=N–C) groups is 1. The Hall–Kier alpha value is -2.69. The van der Waals surface area contributed by atoms with Gasteiger partial charge in [-0.15, -0.1) is 71.5 Å². The molecule has 5 heteroatoms. The second-order valence-corrected chi connectivity index (χ2v) is 6.22. The summed E-state index contributed by atoms with van der Waals surface area (Å²) in [7, 11) is 0. The molecule has 0 bridgehead atoms. The van der Waals surface area contributed by atoms with Gasteiger partial charge in [0.1, 0.15) is 6.20 Å². The zero-order valence-electron chi connectivity index (χ0n) is 16.5. The molecule has 3 aromatic carbocycles. The monoisotopic (exact) mass is 693 g/mol. The Balaban J connectivity index is 0.000000228. The average molecular weight is 693 g/mol. The molecule has 5 rings (SSSR count). The van der Waals surface area contributed by atoms with Crippen LogP contribution in [-0.4, -0.2) is 15.6 Å². The molecular formula is C26H19IIrN3-. The number of halogens is 1. The fraction of sp³-hybridized carbons (Fsp3) is 0. The van der Waals surface area contributed by atoms with Crippen LogP contribution >= 0.6 is 24.0 Å². The van der Waals surface area contributed by atoms with Crippen LogP contribution in [0.2, 0.25) is 0 Å². The fourth-order valence-corrected chi connectivity index (χ4v) is 2.84. The summed E-state index contributed by atoms with van der Waals surface area (Å²) < 4.78 is 1.79. The molecular weight excluding hydrogens is 673 g/mol. The minimum absolute atomic E-state index is 0. The smallest absolute Gasteiger partial charge is 0.305 e. The summed E-state index contributed by atoms with van der Waals surface area (Å²) in [5.74, 6) is 0. The summed E-state index contributed by atoms with van der Waals surface area (Å²) in [5, 5.41) is 0. The van der Waals surface area contributed by atoms with Gasteiger partial charge in [0.2, 0.25) is 0 Å². The van der Waals surface area contributed by atoms with E-state index in [2.05, 4.69) is 52.4 Å². The molecule has 0 aliphatic carbocycles. The minimum Gasteiger partial charge on any atom is -0.305 e. The molecule has 0 spiro atoms. The average Bonchev–Trinajstić information content (AvgIpc) is 3.37. The second kappa shape index (κ2) is 12.9. The van der Waals surface area contributed by atoms with Crippen LogP contribution in [-0.2, 0) is 20.1 Å². The maximum atomic E-state index is 4.35. The molecule has 155 valence electrons. The molecule has 0 saturated heterocycles. The van der Waals surface area contributed by atoms with Gasteiger partial charge in [-0.3, -0.25) is 0 Å². The topological polar surface area (TPSA) is 28.3 Å². The quantitative estimate of drug-likeness (QED) is 0.135. The van der Waals surface area contributed by atoms with E-state index >= 15 is 0 Å². The number of aromatic nitrogens is 1. The first-order valence-corrected chi connectivity index (χ1v) is 9.27. The van der Waals surface area contributed by atoms with Crippen molar-refractivity contribution >= 4 is 35.7 Å². The van der Waals surface area contributed by atoms with E-state index in [1.165, 1.54) is 11.1 Å². The van der Waals surface area contributed by atoms with Crippen LogP contribution in [0.4, 0.5) is 5.69 Å². The standard InChI is InChI=1S/C17H12N.C9H6N2.HI.Ir/c1-2-7-14(8-3-1)15-9-6-10-16(13-15)17-11-4-5-12-18-17;1-2-4-9(5-3-1)11-7-6-10-8-11;;/h1-9,11-13H;1-4,6-7H;1H;/q-1;;;. The number of hydrogen-bond acceptors (Lipinski definition) is 2. The number of nitrogens with zero attached hydrogens (tertiary/aromatic N) is 3. The third-order valence-corrected chi connectivity index (χ3v) is 4.26. The molecule has 1 radical (unpaired) electrons. The van der Waals surface area contributed by atoms with E-state index in [9.17, 15) is 0 Å². The number of hydrogen-bond donors (Lipinski definition) is 0. The molecule has 3 nitrogen and oxygen atoms in total. The molecule has 4 aromatic rings. The van der Waals surface area contributed by atoms with E-state index in [0.717, 1.165) is 16.9 Å². The van der Waals surface area contributed by atoms with Crippen LogP contribution < -0.4 is 0 Å². The molecule has 0 atom stereocenters. The Morgan fingerprint density at radius 3 is 2.26 bits per heavy atom. The Morgan fingerprint density at radius 1 is 0.774 bits per heavy atom. The van der Waals surface area contributed by atoms with Gasteiger partial charge >= 0.3 is 6.01 Å². The van der Waals surface area contributed by atoms with Crippen molar-refractivity contribution in [3.8, 4) is 22.4 Å². The first-order chi connectivity index (χ1) is 14.4. The zero-order chi connectivity index (χ0) is 19.7. The summed E-state index contributed by atoms with van der Waals surface area (Å²) in [6, 6.07) is 39.2. The van der Waals surface area contributed by atoms with Gasteiger partial charge < -0.3 is 4.98 Å². The van der Waals surface area contributed by atoms with Crippen molar-refractivity contribution in [1.29, 1.82) is 0 Å². The van der Waals surface area contributed by atoms with Crippen molar-refractivity contribution in [1.82, 2.24) is 4.98 Å². The molecule has 0 unspecified atom stereocenters. The van der Waals surface area contributed by atoms with Crippen molar-refractivity contribution < 1.29 is 24.7 Å². The van der Waals surface area contributed by atoms with Crippen LogP contribution in [0, 0.1) is 12.1 Å². The largest absolute Gasteiger partial charge is 0.321 e. The Morgan fingerprint density at radius 2 is 1.58 bits per heavy atom. The first-order valence-electron chi connectivity index (χ1n) is 9.27. The molecule has 0 N–H and O–H groups in total. The second-order valence-electron chi connectivity index (χ2n) is 6.22. The van der Waals surface area contributed by atoms with Gasteiger partial charge in [-0.25, -0.2) is 0 Å². The van der Waals surface area contributed by atoms with Crippen LogP contribution in [0.25, 0.3) is 22.4 Å². The predicted molar refractivity (Wildman–Crippen MR) is 131 cm³/mol. The van der Waals surface area contributed by atoms with Crippen LogP contribution in [0.3, 0.4) is 0 Å². The molecule has 1 aliphatic heterocycles. The Kier molecular flexibility index (Phi) is 10.2. The summed E-state index contributed by atoms with van der Waals surface area (Å²) >= 11 is 0. The number of benzene rings is 3. The van der Waals surface area contributed by atoms with E-state index in [1.807, 2.05) is 72.9 Å². The molecule has 1 aliphatic rings. The maximum absolute atomic E-state index is 4.35. The number of para-hydroxylation sites is 1. The van der Waals surface area contributed by atoms with Crippen molar-refractivity contribution in [3.63, 3.8) is 0 Å². The van der Waals surface area contributed by atoms with E-state index in [1.54, 1.807) is 17.0 Å². The molecule has 2 heterocycles. The van der Waals surface area contributed by atoms with Crippen molar-refractivity contribution in [2.24, 2.45) is 4.99 Å². The van der Waals surface area contributed by atoms with Gasteiger partial charge in [-0.05, 0) is 17.3 Å². The third-order valence-electron chi connectivity index (χ3n) is 4.26. The van der Waals surface area contributed by atoms with Crippen molar-refractivity contribution in [2.75, 3.05) is 0 Å². The van der Waals surface area contributed by atoms with Crippen molar-refractivity contribution in [2.45, 2.75) is 0 Å². The third kappa shape index (κ3) is 6.91. The van der Waals surface area contributed by atoms with E-state index < -0.39 is 0 Å². The molecule has 1 aromatic heterocycles. The molecule has 0 amide bonds. The zero-order valence-corrected chi connectivity index (χ0v) is 21.2. The fourth-order valence-electron chi connectivity index (χ4n) is 2.84. The molecule has 0 fully saturated rings. The van der Waals surface area contributed by atoms with Crippen LogP contribution in [0.5, 0.6) is 0 Å². The Labute approximate surface area is 213 Å². The van der Waals surface area contributed by atoms with E-state index in [4.69, 9.17) is 0 Å². The first kappa shape index (κ1) is 24.6. The predicted octanol–water partition coefficient (Wildman–Crippen LogP) is 6.62. The summed E-state index contributed by atoms with van der Waals surface area (Å²) in [6.45, 7) is 0. The van der Waals surface area contributed by atoms with Crippen molar-refractivity contribution in [3.05, 3.63) is 122 Å². The van der Waals surface area contributed by atoms with E-state index in [0.29, 0.717) is 0 Å². The van der Waals surface area contributed by atoms with Gasteiger partial charge in [0, 0.05) is 37.0 Å².